The molecule has 5 rings (SSSR count). The highest BCUT2D eigenvalue weighted by Crippen LogP contribution is 2.55. The Kier molecular flexibility index (Phi) is 4.70. The van der Waals surface area contributed by atoms with E-state index in [1.807, 2.05) is 48.5 Å². The van der Waals surface area contributed by atoms with Crippen molar-refractivity contribution in [2.24, 2.45) is 0 Å². The van der Waals surface area contributed by atoms with E-state index in [2.05, 4.69) is 0 Å². The van der Waals surface area contributed by atoms with Gasteiger partial charge in [-0.2, -0.15) is 0 Å². The molecule has 5 nitrogen and oxygen atoms in total. The van der Waals surface area contributed by atoms with Crippen molar-refractivity contribution in [3.8, 4) is 5.75 Å². The minimum absolute atomic E-state index is 0.171. The predicted molar refractivity (Wildman–Crippen MR) is 119 cm³/mol. The maximum atomic E-state index is 13.9. The second-order valence-corrected chi connectivity index (χ2v) is 8.57. The van der Waals surface area contributed by atoms with Gasteiger partial charge in [0, 0.05) is 11.3 Å². The van der Waals surface area contributed by atoms with Gasteiger partial charge in [-0.3, -0.25) is 14.5 Å². The van der Waals surface area contributed by atoms with Gasteiger partial charge in [-0.1, -0.05) is 30.3 Å². The number of amides is 2. The fourth-order valence-corrected chi connectivity index (χ4v) is 5.62. The summed E-state index contributed by atoms with van der Waals surface area (Å²) in [6.45, 7) is 0.348. The molecule has 3 aromatic carbocycles. The number of anilines is 2. The van der Waals surface area contributed by atoms with Gasteiger partial charge in [-0.25, -0.2) is 4.39 Å². The third-order valence-corrected chi connectivity index (χ3v) is 7.01. The molecule has 0 bridgehead atoms. The molecule has 1 spiro atoms. The van der Waals surface area contributed by atoms with Crippen LogP contribution in [0.3, 0.4) is 0 Å². The van der Waals surface area contributed by atoms with E-state index in [0.29, 0.717) is 18.0 Å². The van der Waals surface area contributed by atoms with Crippen LogP contribution in [0.25, 0.3) is 0 Å². The Morgan fingerprint density at radius 3 is 2.58 bits per heavy atom. The standard InChI is InChI=1S/C24H19FN2O3S/c1-30-19-6-4-5-16(13-19)14-26-21-8-3-2-7-20(21)24(23(26)29)27(22(28)15-31-24)18-11-9-17(25)10-12-18/h2-13H,14-15H2,1H3/t24-/m0/s1. The van der Waals surface area contributed by atoms with E-state index in [4.69, 9.17) is 4.74 Å². The summed E-state index contributed by atoms with van der Waals surface area (Å²) >= 11 is 1.31. The fourth-order valence-electron chi connectivity index (χ4n) is 4.26. The summed E-state index contributed by atoms with van der Waals surface area (Å²) in [4.78, 5) is 28.9. The van der Waals surface area contributed by atoms with Crippen molar-refractivity contribution in [1.29, 1.82) is 0 Å². The average molecular weight is 434 g/mol. The van der Waals surface area contributed by atoms with E-state index in [-0.39, 0.29) is 17.6 Å². The molecule has 2 heterocycles. The molecule has 1 saturated heterocycles. The van der Waals surface area contributed by atoms with Gasteiger partial charge in [0.1, 0.15) is 11.6 Å². The lowest BCUT2D eigenvalue weighted by Gasteiger charge is -2.33. The predicted octanol–water partition coefficient (Wildman–Crippen LogP) is 4.31. The lowest BCUT2D eigenvalue weighted by Crippen LogP contribution is -2.49. The van der Waals surface area contributed by atoms with Gasteiger partial charge < -0.3 is 9.64 Å². The van der Waals surface area contributed by atoms with Crippen LogP contribution in [-0.4, -0.2) is 24.7 Å². The smallest absolute Gasteiger partial charge is 0.269 e. The quantitative estimate of drug-likeness (QED) is 0.614. The van der Waals surface area contributed by atoms with E-state index in [1.165, 1.54) is 28.8 Å². The van der Waals surface area contributed by atoms with Gasteiger partial charge in [0.05, 0.1) is 25.1 Å². The van der Waals surface area contributed by atoms with Crippen LogP contribution in [-0.2, 0) is 21.0 Å². The summed E-state index contributed by atoms with van der Waals surface area (Å²) in [7, 11) is 1.60. The summed E-state index contributed by atoms with van der Waals surface area (Å²) in [6, 6.07) is 20.8. The molecule has 2 amide bonds. The molecule has 0 radical (unpaired) electrons. The van der Waals surface area contributed by atoms with Crippen LogP contribution in [0.15, 0.2) is 72.8 Å². The van der Waals surface area contributed by atoms with Crippen molar-refractivity contribution in [2.45, 2.75) is 11.4 Å². The maximum absolute atomic E-state index is 13.9. The zero-order valence-corrected chi connectivity index (χ0v) is 17.6. The van der Waals surface area contributed by atoms with Crippen LogP contribution in [0.1, 0.15) is 11.1 Å². The number of para-hydroxylation sites is 1. The van der Waals surface area contributed by atoms with E-state index in [1.54, 1.807) is 24.1 Å². The monoisotopic (exact) mass is 434 g/mol. The Hall–Kier alpha value is -3.32. The molecule has 2 aliphatic rings. The fraction of sp³-hybridized carbons (Fsp3) is 0.167. The van der Waals surface area contributed by atoms with Gasteiger partial charge in [0.25, 0.3) is 5.91 Å². The molecule has 1 fully saturated rings. The van der Waals surface area contributed by atoms with Crippen LogP contribution >= 0.6 is 11.8 Å². The Bertz CT molecular complexity index is 1180. The molecular weight excluding hydrogens is 415 g/mol. The molecule has 0 aliphatic carbocycles. The van der Waals surface area contributed by atoms with Gasteiger partial charge >= 0.3 is 0 Å². The van der Waals surface area contributed by atoms with Crippen molar-refractivity contribution < 1.29 is 18.7 Å². The van der Waals surface area contributed by atoms with Gasteiger partial charge in [0.2, 0.25) is 10.8 Å². The molecular formula is C24H19FN2O3S. The van der Waals surface area contributed by atoms with Gasteiger partial charge in [-0.15, -0.1) is 11.8 Å². The van der Waals surface area contributed by atoms with Crippen molar-refractivity contribution >= 4 is 35.0 Å². The number of methoxy groups -OCH3 is 1. The maximum Gasteiger partial charge on any atom is 0.269 e. The van der Waals surface area contributed by atoms with Crippen LogP contribution in [0.5, 0.6) is 5.75 Å². The number of hydrogen-bond acceptors (Lipinski definition) is 4. The van der Waals surface area contributed by atoms with Gasteiger partial charge in [0.15, 0.2) is 0 Å². The number of benzene rings is 3. The first-order valence-corrected chi connectivity index (χ1v) is 10.8. The Morgan fingerprint density at radius 2 is 1.81 bits per heavy atom. The molecule has 0 aromatic heterocycles. The highest BCUT2D eigenvalue weighted by atomic mass is 32.2. The minimum Gasteiger partial charge on any atom is -0.497 e. The minimum atomic E-state index is -1.20. The van der Waals surface area contributed by atoms with Crippen LogP contribution in [0.2, 0.25) is 0 Å². The third-order valence-electron chi connectivity index (χ3n) is 5.62. The summed E-state index contributed by atoms with van der Waals surface area (Å²) in [5.41, 5.74) is 2.96. The number of rotatable bonds is 4. The van der Waals surface area contributed by atoms with Crippen LogP contribution < -0.4 is 14.5 Å². The number of carbonyl (C=O) groups is 2. The second-order valence-electron chi connectivity index (χ2n) is 7.40. The third kappa shape index (κ3) is 2.99. The number of carbonyl (C=O) groups excluding carboxylic acids is 2. The highest BCUT2D eigenvalue weighted by Gasteiger charge is 2.60. The Labute approximate surface area is 183 Å². The first-order chi connectivity index (χ1) is 15.0. The number of thioether (sulfide) groups is 1. The van der Waals surface area contributed by atoms with E-state index in [9.17, 15) is 14.0 Å². The summed E-state index contributed by atoms with van der Waals surface area (Å²) in [5.74, 6) is 0.129. The lowest BCUT2D eigenvalue weighted by molar-refractivity contribution is -0.123. The number of hydrogen-bond donors (Lipinski definition) is 0. The SMILES string of the molecule is COc1cccc(CN2C(=O)[C@@]3(SCC(=O)N3c3ccc(F)cc3)c3ccccc32)c1. The number of fused-ring (bicyclic) bond motifs is 2. The zero-order chi connectivity index (χ0) is 21.6. The topological polar surface area (TPSA) is 49.9 Å². The average Bonchev–Trinajstić information content (AvgIpc) is 3.26. The number of nitrogens with zero attached hydrogens (tertiary/aromatic N) is 2. The molecule has 7 heteroatoms. The number of ether oxygens (including phenoxy) is 1. The molecule has 3 aromatic rings. The highest BCUT2D eigenvalue weighted by molar-refractivity contribution is 8.02. The molecule has 2 aliphatic heterocycles. The summed E-state index contributed by atoms with van der Waals surface area (Å²) < 4.78 is 18.8. The molecule has 1 atom stereocenters. The normalized spacial score (nSPS) is 19.9. The molecule has 0 N–H and O–H groups in total. The first kappa shape index (κ1) is 19.6. The summed E-state index contributed by atoms with van der Waals surface area (Å²) in [5, 5.41) is 0. The lowest BCUT2D eigenvalue weighted by atomic mass is 10.0. The van der Waals surface area contributed by atoms with Crippen LogP contribution in [0, 0.1) is 5.82 Å². The first-order valence-electron chi connectivity index (χ1n) is 9.81. The molecule has 0 unspecified atom stereocenters. The van der Waals surface area contributed by atoms with E-state index >= 15 is 0 Å². The number of halogens is 1. The molecule has 31 heavy (non-hydrogen) atoms. The Morgan fingerprint density at radius 1 is 1.03 bits per heavy atom. The zero-order valence-electron chi connectivity index (χ0n) is 16.7. The van der Waals surface area contributed by atoms with Gasteiger partial charge in [-0.05, 0) is 48.0 Å². The largest absolute Gasteiger partial charge is 0.497 e. The molecule has 156 valence electrons. The van der Waals surface area contributed by atoms with E-state index in [0.717, 1.165) is 16.8 Å². The molecule has 0 saturated carbocycles. The Balaban J connectivity index is 1.61. The summed E-state index contributed by atoms with van der Waals surface area (Å²) in [6.07, 6.45) is 0. The van der Waals surface area contributed by atoms with E-state index < -0.39 is 10.7 Å². The van der Waals surface area contributed by atoms with Crippen molar-refractivity contribution in [2.75, 3.05) is 22.7 Å². The van der Waals surface area contributed by atoms with Crippen molar-refractivity contribution in [3.05, 3.63) is 89.7 Å². The van der Waals surface area contributed by atoms with Crippen molar-refractivity contribution in [1.82, 2.24) is 0 Å². The van der Waals surface area contributed by atoms with Crippen molar-refractivity contribution in [3.63, 3.8) is 0 Å². The van der Waals surface area contributed by atoms with Crippen LogP contribution in [0.4, 0.5) is 15.8 Å². The second kappa shape index (κ2) is 7.42.